The topological polar surface area (TPSA) is 105 Å². The smallest absolute Gasteiger partial charge is 0.328 e. The van der Waals surface area contributed by atoms with Crippen molar-refractivity contribution in [2.75, 3.05) is 7.11 Å². The van der Waals surface area contributed by atoms with E-state index in [1.54, 1.807) is 6.92 Å². The number of amides is 2. The van der Waals surface area contributed by atoms with E-state index in [9.17, 15) is 14.4 Å². The maximum Gasteiger partial charge on any atom is 0.328 e. The molecule has 19 heavy (non-hydrogen) atoms. The Balaban J connectivity index is 4.38. The number of methoxy groups -OCH3 is 1. The van der Waals surface area contributed by atoms with Gasteiger partial charge in [-0.1, -0.05) is 13.8 Å². The number of carboxylic acids is 1. The molecule has 110 valence electrons. The molecule has 0 aromatic heterocycles. The van der Waals surface area contributed by atoms with Crippen LogP contribution in [0.3, 0.4) is 0 Å². The summed E-state index contributed by atoms with van der Waals surface area (Å²) >= 11 is 0. The monoisotopic (exact) mass is 274 g/mol. The van der Waals surface area contributed by atoms with Crippen LogP contribution in [0.15, 0.2) is 0 Å². The molecule has 0 heterocycles. The van der Waals surface area contributed by atoms with Gasteiger partial charge in [0, 0.05) is 6.04 Å². The predicted octanol–water partition coefficient (Wildman–Crippen LogP) is 0.737. The highest BCUT2D eigenvalue weighted by molar-refractivity contribution is 5.83. The average molecular weight is 274 g/mol. The molecule has 0 aromatic rings. The van der Waals surface area contributed by atoms with Gasteiger partial charge >= 0.3 is 18.0 Å². The number of hydrogen-bond donors (Lipinski definition) is 3. The molecule has 7 heteroatoms. The molecule has 2 unspecified atom stereocenters. The first-order valence-corrected chi connectivity index (χ1v) is 6.12. The summed E-state index contributed by atoms with van der Waals surface area (Å²) in [5.41, 5.74) is 0. The Kier molecular flexibility index (Phi) is 7.55. The number of esters is 1. The minimum Gasteiger partial charge on any atom is -0.481 e. The normalized spacial score (nSPS) is 13.5. The van der Waals surface area contributed by atoms with Crippen molar-refractivity contribution in [3.63, 3.8) is 0 Å². The molecule has 0 rings (SSSR count). The molecular formula is C12H22N2O5. The van der Waals surface area contributed by atoms with Crippen molar-refractivity contribution in [3.05, 3.63) is 0 Å². The highest BCUT2D eigenvalue weighted by Gasteiger charge is 2.23. The Morgan fingerprint density at radius 1 is 1.16 bits per heavy atom. The van der Waals surface area contributed by atoms with E-state index in [1.807, 2.05) is 13.8 Å². The van der Waals surface area contributed by atoms with Gasteiger partial charge in [0.15, 0.2) is 0 Å². The summed E-state index contributed by atoms with van der Waals surface area (Å²) in [5, 5.41) is 13.5. The predicted molar refractivity (Wildman–Crippen MR) is 68.6 cm³/mol. The van der Waals surface area contributed by atoms with E-state index in [2.05, 4.69) is 15.4 Å². The first-order valence-electron chi connectivity index (χ1n) is 6.12. The van der Waals surface area contributed by atoms with Crippen LogP contribution in [-0.4, -0.2) is 42.3 Å². The number of ether oxygens (including phenoxy) is 1. The summed E-state index contributed by atoms with van der Waals surface area (Å²) in [6.07, 6.45) is 0.272. The Bertz CT molecular complexity index is 330. The molecular weight excluding hydrogens is 252 g/mol. The lowest BCUT2D eigenvalue weighted by Crippen LogP contribution is -2.49. The lowest BCUT2D eigenvalue weighted by molar-refractivity contribution is -0.143. The van der Waals surface area contributed by atoms with Crippen LogP contribution in [0.5, 0.6) is 0 Å². The number of carbonyl (C=O) groups excluding carboxylic acids is 2. The van der Waals surface area contributed by atoms with Crippen LogP contribution in [0.25, 0.3) is 0 Å². The van der Waals surface area contributed by atoms with Crippen LogP contribution in [0.1, 0.15) is 33.6 Å². The van der Waals surface area contributed by atoms with Gasteiger partial charge in [-0.05, 0) is 19.3 Å². The van der Waals surface area contributed by atoms with E-state index in [0.29, 0.717) is 6.42 Å². The average Bonchev–Trinajstić information content (AvgIpc) is 2.24. The molecule has 2 atom stereocenters. The van der Waals surface area contributed by atoms with Crippen LogP contribution in [0.4, 0.5) is 4.79 Å². The molecule has 0 aliphatic rings. The van der Waals surface area contributed by atoms with Crippen molar-refractivity contribution in [1.29, 1.82) is 0 Å². The van der Waals surface area contributed by atoms with Crippen molar-refractivity contribution < 1.29 is 24.2 Å². The minimum absolute atomic E-state index is 0.180. The summed E-state index contributed by atoms with van der Waals surface area (Å²) in [6.45, 7) is 5.41. The van der Waals surface area contributed by atoms with Gasteiger partial charge in [0.05, 0.1) is 13.5 Å². The van der Waals surface area contributed by atoms with Gasteiger partial charge in [0.25, 0.3) is 0 Å². The molecule has 3 N–H and O–H groups in total. The molecule has 0 radical (unpaired) electrons. The van der Waals surface area contributed by atoms with Crippen molar-refractivity contribution >= 4 is 18.0 Å². The summed E-state index contributed by atoms with van der Waals surface area (Å²) < 4.78 is 4.61. The van der Waals surface area contributed by atoms with E-state index in [1.165, 1.54) is 7.11 Å². The second kappa shape index (κ2) is 8.34. The molecule has 0 spiro atoms. The largest absolute Gasteiger partial charge is 0.481 e. The van der Waals surface area contributed by atoms with Crippen LogP contribution in [0, 0.1) is 5.92 Å². The van der Waals surface area contributed by atoms with E-state index in [0.717, 1.165) is 0 Å². The summed E-state index contributed by atoms with van der Waals surface area (Å²) in [7, 11) is 1.25. The molecule has 0 fully saturated rings. The zero-order valence-electron chi connectivity index (χ0n) is 11.7. The van der Waals surface area contributed by atoms with Crippen molar-refractivity contribution in [1.82, 2.24) is 10.6 Å². The molecule has 0 aliphatic carbocycles. The first-order chi connectivity index (χ1) is 8.76. The van der Waals surface area contributed by atoms with Gasteiger partial charge in [0.2, 0.25) is 0 Å². The standard InChI is InChI=1S/C12H22N2O5/c1-7(2)5-9(11(17)19-4)14-12(18)13-8(3)6-10(15)16/h7-9H,5-6H2,1-4H3,(H,15,16)(H2,13,14,18). The summed E-state index contributed by atoms with van der Waals surface area (Å²) in [6, 6.07) is -1.83. The SMILES string of the molecule is COC(=O)C(CC(C)C)NC(=O)NC(C)CC(=O)O. The van der Waals surface area contributed by atoms with E-state index in [4.69, 9.17) is 5.11 Å². The third-order valence-corrected chi connectivity index (χ3v) is 2.36. The third kappa shape index (κ3) is 8.01. The van der Waals surface area contributed by atoms with Crippen molar-refractivity contribution in [2.24, 2.45) is 5.92 Å². The Hall–Kier alpha value is -1.79. The third-order valence-electron chi connectivity index (χ3n) is 2.36. The molecule has 7 nitrogen and oxygen atoms in total. The van der Waals surface area contributed by atoms with Crippen LogP contribution >= 0.6 is 0 Å². The minimum atomic E-state index is -1.00. The van der Waals surface area contributed by atoms with Crippen molar-refractivity contribution in [2.45, 2.75) is 45.7 Å². The molecule has 0 saturated carbocycles. The maximum absolute atomic E-state index is 11.6. The van der Waals surface area contributed by atoms with Crippen LogP contribution in [-0.2, 0) is 14.3 Å². The second-order valence-electron chi connectivity index (χ2n) is 4.82. The molecule has 0 saturated heterocycles. The Morgan fingerprint density at radius 2 is 1.74 bits per heavy atom. The fraction of sp³-hybridized carbons (Fsp3) is 0.750. The number of carboxylic acid groups (broad SMARTS) is 1. The Labute approximate surface area is 112 Å². The molecule has 0 bridgehead atoms. The number of nitrogens with one attached hydrogen (secondary N) is 2. The highest BCUT2D eigenvalue weighted by Crippen LogP contribution is 2.06. The number of carbonyl (C=O) groups is 3. The summed E-state index contributed by atoms with van der Waals surface area (Å²) in [4.78, 5) is 33.6. The quantitative estimate of drug-likeness (QED) is 0.594. The van der Waals surface area contributed by atoms with E-state index >= 15 is 0 Å². The van der Waals surface area contributed by atoms with Gasteiger partial charge in [-0.25, -0.2) is 9.59 Å². The number of aliphatic carboxylic acids is 1. The van der Waals surface area contributed by atoms with Crippen LogP contribution < -0.4 is 10.6 Å². The highest BCUT2D eigenvalue weighted by atomic mass is 16.5. The maximum atomic E-state index is 11.6. The fourth-order valence-electron chi connectivity index (χ4n) is 1.56. The van der Waals surface area contributed by atoms with Gasteiger partial charge in [-0.3, -0.25) is 4.79 Å². The van der Waals surface area contributed by atoms with Crippen molar-refractivity contribution in [3.8, 4) is 0 Å². The Morgan fingerprint density at radius 3 is 2.16 bits per heavy atom. The molecule has 0 aliphatic heterocycles. The van der Waals surface area contributed by atoms with E-state index in [-0.39, 0.29) is 12.3 Å². The van der Waals surface area contributed by atoms with Gasteiger partial charge < -0.3 is 20.5 Å². The zero-order chi connectivity index (χ0) is 15.0. The number of hydrogen-bond acceptors (Lipinski definition) is 4. The number of urea groups is 1. The second-order valence-corrected chi connectivity index (χ2v) is 4.82. The van der Waals surface area contributed by atoms with E-state index < -0.39 is 30.1 Å². The molecule has 0 aromatic carbocycles. The van der Waals surface area contributed by atoms with Gasteiger partial charge in [-0.2, -0.15) is 0 Å². The van der Waals surface area contributed by atoms with Gasteiger partial charge in [-0.15, -0.1) is 0 Å². The summed E-state index contributed by atoms with van der Waals surface area (Å²) in [5.74, 6) is -1.31. The lowest BCUT2D eigenvalue weighted by atomic mass is 10.0. The fourth-order valence-corrected chi connectivity index (χ4v) is 1.56. The molecule has 2 amide bonds. The lowest BCUT2D eigenvalue weighted by Gasteiger charge is -2.20. The first kappa shape index (κ1) is 17.2. The van der Waals surface area contributed by atoms with Crippen LogP contribution in [0.2, 0.25) is 0 Å². The zero-order valence-corrected chi connectivity index (χ0v) is 11.7. The van der Waals surface area contributed by atoms with Gasteiger partial charge in [0.1, 0.15) is 6.04 Å². The number of rotatable bonds is 7.